The predicted octanol–water partition coefficient (Wildman–Crippen LogP) is 2.40. The van der Waals surface area contributed by atoms with Gasteiger partial charge in [0.1, 0.15) is 5.69 Å². The second-order valence-corrected chi connectivity index (χ2v) is 7.50. The van der Waals surface area contributed by atoms with Gasteiger partial charge in [0.05, 0.1) is 12.3 Å². The molecule has 118 valence electrons. The maximum Gasteiger partial charge on any atom is 0.100 e. The lowest BCUT2D eigenvalue weighted by Crippen LogP contribution is -2.35. The third kappa shape index (κ3) is 3.09. The van der Waals surface area contributed by atoms with E-state index in [0.717, 1.165) is 44.5 Å². The van der Waals surface area contributed by atoms with Crippen molar-refractivity contribution in [3.05, 3.63) is 33.8 Å². The van der Waals surface area contributed by atoms with E-state index >= 15 is 0 Å². The summed E-state index contributed by atoms with van der Waals surface area (Å²) >= 11 is 1.82. The minimum atomic E-state index is 0.377. The lowest BCUT2D eigenvalue weighted by Gasteiger charge is -2.31. The molecule has 3 heterocycles. The van der Waals surface area contributed by atoms with Crippen LogP contribution in [0.2, 0.25) is 0 Å². The fraction of sp³-hybridized carbons (Fsp3) is 0.625. The quantitative estimate of drug-likeness (QED) is 0.820. The molecule has 6 heteroatoms. The number of nitrogens with zero attached hydrogens (tertiary/aromatic N) is 4. The Morgan fingerprint density at radius 3 is 3.05 bits per heavy atom. The molecule has 1 fully saturated rings. The number of ether oxygens (including phenoxy) is 1. The SMILES string of the molecule is Cn1nnc2c1[C@H](COCC1CC1)CN(Cc1cccs1)C2. The van der Waals surface area contributed by atoms with Crippen molar-refractivity contribution in [1.29, 1.82) is 0 Å². The van der Waals surface area contributed by atoms with Gasteiger partial charge in [-0.2, -0.15) is 0 Å². The fourth-order valence-corrected chi connectivity index (χ4v) is 3.98. The Kier molecular flexibility index (Phi) is 3.98. The number of aromatic nitrogens is 3. The van der Waals surface area contributed by atoms with E-state index in [1.807, 2.05) is 23.1 Å². The van der Waals surface area contributed by atoms with Gasteiger partial charge in [0.15, 0.2) is 0 Å². The molecule has 2 aromatic rings. The number of aryl methyl sites for hydroxylation is 1. The second kappa shape index (κ2) is 6.10. The van der Waals surface area contributed by atoms with Crippen molar-refractivity contribution < 1.29 is 4.74 Å². The topological polar surface area (TPSA) is 43.2 Å². The molecule has 1 aliphatic heterocycles. The van der Waals surface area contributed by atoms with Crippen LogP contribution in [-0.4, -0.2) is 39.7 Å². The van der Waals surface area contributed by atoms with Crippen molar-refractivity contribution in [2.45, 2.75) is 31.8 Å². The molecule has 2 aromatic heterocycles. The summed E-state index contributed by atoms with van der Waals surface area (Å²) in [5, 5.41) is 10.7. The molecule has 22 heavy (non-hydrogen) atoms. The molecule has 0 aromatic carbocycles. The molecule has 1 saturated carbocycles. The molecule has 1 aliphatic carbocycles. The first-order chi connectivity index (χ1) is 10.8. The number of fused-ring (bicyclic) bond motifs is 1. The Balaban J connectivity index is 1.46. The number of hydrogen-bond donors (Lipinski definition) is 0. The molecule has 0 saturated heterocycles. The second-order valence-electron chi connectivity index (χ2n) is 6.47. The van der Waals surface area contributed by atoms with Crippen LogP contribution in [0.5, 0.6) is 0 Å². The van der Waals surface area contributed by atoms with Crippen molar-refractivity contribution in [1.82, 2.24) is 19.9 Å². The van der Waals surface area contributed by atoms with Crippen molar-refractivity contribution >= 4 is 11.3 Å². The summed E-state index contributed by atoms with van der Waals surface area (Å²) in [5.74, 6) is 1.19. The van der Waals surface area contributed by atoms with Gasteiger partial charge < -0.3 is 4.74 Å². The zero-order valence-electron chi connectivity index (χ0n) is 12.9. The maximum atomic E-state index is 5.97. The van der Waals surface area contributed by atoms with Gasteiger partial charge >= 0.3 is 0 Å². The van der Waals surface area contributed by atoms with Gasteiger partial charge in [0.2, 0.25) is 0 Å². The van der Waals surface area contributed by atoms with E-state index in [0.29, 0.717) is 5.92 Å². The Bertz CT molecular complexity index is 620. The van der Waals surface area contributed by atoms with Crippen LogP contribution in [0.15, 0.2) is 17.5 Å². The summed E-state index contributed by atoms with van der Waals surface area (Å²) in [6.45, 7) is 4.61. The average Bonchev–Trinajstić information content (AvgIpc) is 3.04. The van der Waals surface area contributed by atoms with Gasteiger partial charge in [0, 0.05) is 44.1 Å². The van der Waals surface area contributed by atoms with Crippen molar-refractivity contribution in [2.75, 3.05) is 19.8 Å². The van der Waals surface area contributed by atoms with Crippen LogP contribution in [0.3, 0.4) is 0 Å². The van der Waals surface area contributed by atoms with Crippen LogP contribution in [0, 0.1) is 5.92 Å². The Morgan fingerprint density at radius 1 is 1.36 bits per heavy atom. The highest BCUT2D eigenvalue weighted by molar-refractivity contribution is 7.09. The first kappa shape index (κ1) is 14.4. The summed E-state index contributed by atoms with van der Waals surface area (Å²) in [4.78, 5) is 3.87. The average molecular weight is 318 g/mol. The normalized spacial score (nSPS) is 22.0. The van der Waals surface area contributed by atoms with Gasteiger partial charge in [0.25, 0.3) is 0 Å². The molecule has 0 N–H and O–H groups in total. The van der Waals surface area contributed by atoms with Crippen LogP contribution in [-0.2, 0) is 24.9 Å². The van der Waals surface area contributed by atoms with Gasteiger partial charge in [-0.3, -0.25) is 9.58 Å². The zero-order chi connectivity index (χ0) is 14.9. The molecule has 1 atom stereocenters. The zero-order valence-corrected chi connectivity index (χ0v) is 13.8. The number of hydrogen-bond acceptors (Lipinski definition) is 5. The van der Waals surface area contributed by atoms with Crippen LogP contribution >= 0.6 is 11.3 Å². The monoisotopic (exact) mass is 318 g/mol. The fourth-order valence-electron chi connectivity index (χ4n) is 3.23. The van der Waals surface area contributed by atoms with E-state index in [2.05, 4.69) is 32.7 Å². The molecular formula is C16H22N4OS. The standard InChI is InChI=1S/C16H22N4OS/c1-19-16-13(11-21-10-12-4-5-12)7-20(9-15(16)17-18-19)8-14-3-2-6-22-14/h2-3,6,12-13H,4-5,7-11H2,1H3/t13-/m0/s1. The third-order valence-electron chi connectivity index (χ3n) is 4.51. The van der Waals surface area contributed by atoms with Crippen molar-refractivity contribution in [3.63, 3.8) is 0 Å². The van der Waals surface area contributed by atoms with Crippen LogP contribution in [0.1, 0.15) is 35.0 Å². The van der Waals surface area contributed by atoms with Crippen molar-refractivity contribution in [3.8, 4) is 0 Å². The van der Waals surface area contributed by atoms with Gasteiger partial charge in [-0.15, -0.1) is 16.4 Å². The summed E-state index contributed by atoms with van der Waals surface area (Å²) in [7, 11) is 1.99. The third-order valence-corrected chi connectivity index (χ3v) is 5.37. The van der Waals surface area contributed by atoms with Crippen LogP contribution < -0.4 is 0 Å². The smallest absolute Gasteiger partial charge is 0.100 e. The van der Waals surface area contributed by atoms with E-state index in [1.165, 1.54) is 23.4 Å². The molecule has 4 rings (SSSR count). The summed E-state index contributed by atoms with van der Waals surface area (Å²) in [5.41, 5.74) is 2.38. The molecule has 0 amide bonds. The van der Waals surface area contributed by atoms with E-state index in [1.54, 1.807) is 0 Å². The molecule has 0 radical (unpaired) electrons. The van der Waals surface area contributed by atoms with Crippen LogP contribution in [0.25, 0.3) is 0 Å². The number of thiophene rings is 1. The molecule has 0 bridgehead atoms. The van der Waals surface area contributed by atoms with Crippen molar-refractivity contribution in [2.24, 2.45) is 13.0 Å². The Morgan fingerprint density at radius 2 is 2.27 bits per heavy atom. The van der Waals surface area contributed by atoms with Gasteiger partial charge in [-0.05, 0) is 30.2 Å². The predicted molar refractivity (Wildman–Crippen MR) is 85.7 cm³/mol. The summed E-state index contributed by atoms with van der Waals surface area (Å²) in [6.07, 6.45) is 2.68. The van der Waals surface area contributed by atoms with E-state index in [4.69, 9.17) is 4.74 Å². The largest absolute Gasteiger partial charge is 0.380 e. The summed E-state index contributed by atoms with van der Waals surface area (Å²) in [6, 6.07) is 4.32. The highest BCUT2D eigenvalue weighted by Gasteiger charge is 2.31. The first-order valence-electron chi connectivity index (χ1n) is 8.00. The van der Waals surface area contributed by atoms with Crippen LogP contribution in [0.4, 0.5) is 0 Å². The molecule has 0 unspecified atom stereocenters. The minimum absolute atomic E-state index is 0.377. The molecule has 0 spiro atoms. The number of rotatable bonds is 6. The lowest BCUT2D eigenvalue weighted by atomic mass is 9.99. The van der Waals surface area contributed by atoms with Gasteiger partial charge in [-0.25, -0.2) is 0 Å². The highest BCUT2D eigenvalue weighted by Crippen LogP contribution is 2.31. The molecule has 2 aliphatic rings. The van der Waals surface area contributed by atoms with Gasteiger partial charge in [-0.1, -0.05) is 11.3 Å². The molecule has 5 nitrogen and oxygen atoms in total. The lowest BCUT2D eigenvalue weighted by molar-refractivity contribution is 0.0868. The summed E-state index contributed by atoms with van der Waals surface area (Å²) < 4.78 is 7.90. The Labute approximate surface area is 134 Å². The maximum absolute atomic E-state index is 5.97. The van der Waals surface area contributed by atoms with E-state index < -0.39 is 0 Å². The molecular weight excluding hydrogens is 296 g/mol. The highest BCUT2D eigenvalue weighted by atomic mass is 32.1. The first-order valence-corrected chi connectivity index (χ1v) is 8.88. The minimum Gasteiger partial charge on any atom is -0.380 e. The van der Waals surface area contributed by atoms with E-state index in [-0.39, 0.29) is 0 Å². The Hall–Kier alpha value is -1.24. The van der Waals surface area contributed by atoms with E-state index in [9.17, 15) is 0 Å².